The van der Waals surface area contributed by atoms with Crippen LogP contribution < -0.4 is 4.74 Å². The van der Waals surface area contributed by atoms with E-state index in [-0.39, 0.29) is 0 Å². The van der Waals surface area contributed by atoms with Crippen LogP contribution in [0.1, 0.15) is 75.6 Å². The van der Waals surface area contributed by atoms with Crippen molar-refractivity contribution in [3.8, 4) is 16.9 Å². The van der Waals surface area contributed by atoms with E-state index in [2.05, 4.69) is 106 Å². The number of aryl methyl sites for hydroxylation is 3. The molecule has 3 aromatic rings. The first-order chi connectivity index (χ1) is 19.1. The number of unbranched alkanes of at least 4 members (excludes halogenated alkanes) is 2. The zero-order chi connectivity index (χ0) is 29.9. The predicted octanol–water partition coefficient (Wildman–Crippen LogP) is 9.83. The molecule has 0 aliphatic heterocycles. The van der Waals surface area contributed by atoms with Crippen molar-refractivity contribution in [1.29, 1.82) is 0 Å². The summed E-state index contributed by atoms with van der Waals surface area (Å²) in [5, 5.41) is 7.00. The molecule has 0 bridgehead atoms. The molecule has 0 fully saturated rings. The van der Waals surface area contributed by atoms with Gasteiger partial charge in [-0.1, -0.05) is 112 Å². The fraction of sp³-hybridized carbons (Fsp3) is 0.361. The van der Waals surface area contributed by atoms with E-state index in [4.69, 9.17) is 14.6 Å². The molecule has 0 aliphatic carbocycles. The Bertz CT molecular complexity index is 1000. The zero-order valence-electron chi connectivity index (χ0n) is 25.5. The number of carbonyl (C=O) groups excluding carboxylic acids is 1. The summed E-state index contributed by atoms with van der Waals surface area (Å²) in [7, 11) is 1.00. The number of hydrogen-bond acceptors (Lipinski definition) is 3. The molecule has 0 atom stereocenters. The molecule has 3 nitrogen and oxygen atoms in total. The van der Waals surface area contributed by atoms with E-state index in [1.54, 1.807) is 6.08 Å². The molecule has 0 saturated heterocycles. The molecule has 214 valence electrons. The summed E-state index contributed by atoms with van der Waals surface area (Å²) < 4.78 is 5.81. The highest BCUT2D eigenvalue weighted by atomic mass is 16.5. The molecule has 0 aliphatic rings. The summed E-state index contributed by atoms with van der Waals surface area (Å²) in [6, 6.07) is 23.9. The average Bonchev–Trinajstić information content (AvgIpc) is 2.99. The molecular formula is C36H52O3. The van der Waals surface area contributed by atoms with Crippen molar-refractivity contribution >= 4 is 12.9 Å². The molecule has 0 heterocycles. The summed E-state index contributed by atoms with van der Waals surface area (Å²) in [5.41, 5.74) is 7.88. The number of allylic oxidation sites excluding steroid dienone is 2. The first-order valence-corrected chi connectivity index (χ1v) is 13.9. The van der Waals surface area contributed by atoms with Crippen molar-refractivity contribution in [3.63, 3.8) is 0 Å². The fourth-order valence-electron chi connectivity index (χ4n) is 3.66. The molecular weight excluding hydrogens is 480 g/mol. The van der Waals surface area contributed by atoms with Crippen LogP contribution in [-0.2, 0) is 11.2 Å². The van der Waals surface area contributed by atoms with E-state index in [1.165, 1.54) is 46.2 Å². The minimum Gasteiger partial charge on any atom is -0.494 e. The van der Waals surface area contributed by atoms with Gasteiger partial charge in [0, 0.05) is 7.11 Å². The van der Waals surface area contributed by atoms with Gasteiger partial charge in [-0.3, -0.25) is 0 Å². The molecule has 39 heavy (non-hydrogen) atoms. The Balaban J connectivity index is 0. The van der Waals surface area contributed by atoms with Gasteiger partial charge in [-0.15, -0.1) is 6.58 Å². The van der Waals surface area contributed by atoms with E-state index in [9.17, 15) is 0 Å². The van der Waals surface area contributed by atoms with Crippen LogP contribution in [0.3, 0.4) is 0 Å². The quantitative estimate of drug-likeness (QED) is 0.209. The topological polar surface area (TPSA) is 46.5 Å². The minimum absolute atomic E-state index is 0.803. The van der Waals surface area contributed by atoms with Crippen LogP contribution in [0.5, 0.6) is 5.75 Å². The van der Waals surface area contributed by atoms with Gasteiger partial charge in [0.05, 0.1) is 6.61 Å². The van der Waals surface area contributed by atoms with Crippen molar-refractivity contribution in [3.05, 3.63) is 108 Å². The second kappa shape index (κ2) is 26.2. The van der Waals surface area contributed by atoms with Crippen molar-refractivity contribution in [2.24, 2.45) is 0 Å². The second-order valence-electron chi connectivity index (χ2n) is 8.48. The highest BCUT2D eigenvalue weighted by molar-refractivity contribution is 5.66. The monoisotopic (exact) mass is 532 g/mol. The molecule has 0 radical (unpaired) electrons. The van der Waals surface area contributed by atoms with Crippen LogP contribution >= 0.6 is 0 Å². The number of hydrogen-bond donors (Lipinski definition) is 1. The molecule has 1 N–H and O–H groups in total. The average molecular weight is 533 g/mol. The Labute approximate surface area is 239 Å². The molecule has 0 unspecified atom stereocenters. The first kappa shape index (κ1) is 37.7. The number of aliphatic hydroxyl groups is 1. The third kappa shape index (κ3) is 16.9. The molecule has 0 aromatic heterocycles. The first-order valence-electron chi connectivity index (χ1n) is 13.9. The van der Waals surface area contributed by atoms with Gasteiger partial charge in [-0.25, -0.2) is 0 Å². The van der Waals surface area contributed by atoms with Crippen LogP contribution in [0, 0.1) is 13.8 Å². The van der Waals surface area contributed by atoms with Crippen molar-refractivity contribution in [2.45, 2.75) is 73.6 Å². The maximum absolute atomic E-state index is 8.00. The van der Waals surface area contributed by atoms with E-state index in [0.29, 0.717) is 0 Å². The third-order valence-electron chi connectivity index (χ3n) is 5.50. The molecule has 0 saturated carbocycles. The highest BCUT2D eigenvalue weighted by Gasteiger charge is 2.00. The van der Waals surface area contributed by atoms with Crippen LogP contribution in [0.2, 0.25) is 0 Å². The lowest BCUT2D eigenvalue weighted by Gasteiger charge is -2.07. The SMILES string of the molecule is C=CC.C=O.CC.CCCCCOc1ccc(-c2ccc(/C=C/CCc3ccc(C)cc3C)cc2)cc1.CO. The summed E-state index contributed by atoms with van der Waals surface area (Å²) in [4.78, 5) is 8.00. The summed E-state index contributed by atoms with van der Waals surface area (Å²) in [6.07, 6.45) is 12.0. The van der Waals surface area contributed by atoms with Crippen LogP contribution in [0.15, 0.2) is 85.5 Å². The minimum atomic E-state index is 0.803. The lowest BCUT2D eigenvalue weighted by atomic mass is 10.0. The number of rotatable bonds is 10. The molecule has 3 heteroatoms. The standard InChI is InChI=1S/C29H34O.C3H6.C2H6.CH4O.CH2O/c1-4-5-8-21-30-29-19-17-28(18-20-29)27-15-12-25(13-16-27)9-6-7-10-26-14-11-23(2)22-24(26)3;1-3-2;3*1-2/h6,9,11-20,22H,4-5,7-8,10,21H2,1-3H3;3H,1H2,2H3;1-2H3;2H,1H3;1H2/b9-6+;;;;. The Morgan fingerprint density at radius 3 is 1.90 bits per heavy atom. The van der Waals surface area contributed by atoms with E-state index in [0.717, 1.165) is 38.7 Å². The molecule has 3 rings (SSSR count). The van der Waals surface area contributed by atoms with Crippen LogP contribution in [0.25, 0.3) is 17.2 Å². The zero-order valence-corrected chi connectivity index (χ0v) is 25.5. The fourth-order valence-corrected chi connectivity index (χ4v) is 3.66. The summed E-state index contributed by atoms with van der Waals surface area (Å²) in [5.74, 6) is 0.957. The van der Waals surface area contributed by atoms with E-state index >= 15 is 0 Å². The number of benzene rings is 3. The van der Waals surface area contributed by atoms with Gasteiger partial charge >= 0.3 is 0 Å². The van der Waals surface area contributed by atoms with Crippen molar-refractivity contribution in [1.82, 2.24) is 0 Å². The van der Waals surface area contributed by atoms with Crippen LogP contribution in [0.4, 0.5) is 0 Å². The van der Waals surface area contributed by atoms with Gasteiger partial charge in [0.25, 0.3) is 0 Å². The number of ether oxygens (including phenoxy) is 1. The molecule has 3 aromatic carbocycles. The number of aliphatic hydroxyl groups excluding tert-OH is 1. The Kier molecular flexibility index (Phi) is 25.3. The summed E-state index contributed by atoms with van der Waals surface area (Å²) in [6.45, 7) is 18.6. The van der Waals surface area contributed by atoms with E-state index in [1.807, 2.05) is 27.6 Å². The Hall–Kier alpha value is -3.43. The normalized spacial score (nSPS) is 9.33. The molecule has 0 spiro atoms. The van der Waals surface area contributed by atoms with Gasteiger partial charge in [-0.05, 0) is 80.0 Å². The van der Waals surface area contributed by atoms with Crippen LogP contribution in [-0.4, -0.2) is 25.6 Å². The second-order valence-corrected chi connectivity index (χ2v) is 8.48. The third-order valence-corrected chi connectivity index (χ3v) is 5.50. The van der Waals surface area contributed by atoms with Gasteiger partial charge in [0.15, 0.2) is 0 Å². The van der Waals surface area contributed by atoms with Crippen molar-refractivity contribution < 1.29 is 14.6 Å². The Morgan fingerprint density at radius 2 is 1.38 bits per heavy atom. The maximum atomic E-state index is 8.00. The van der Waals surface area contributed by atoms with Gasteiger partial charge in [0.1, 0.15) is 12.5 Å². The largest absolute Gasteiger partial charge is 0.494 e. The van der Waals surface area contributed by atoms with Gasteiger partial charge in [-0.2, -0.15) is 0 Å². The lowest BCUT2D eigenvalue weighted by Crippen LogP contribution is -1.96. The maximum Gasteiger partial charge on any atom is 0.119 e. The highest BCUT2D eigenvalue weighted by Crippen LogP contribution is 2.23. The number of carbonyl (C=O) groups is 1. The molecule has 0 amide bonds. The van der Waals surface area contributed by atoms with Gasteiger partial charge < -0.3 is 14.6 Å². The smallest absolute Gasteiger partial charge is 0.119 e. The predicted molar refractivity (Wildman–Crippen MR) is 173 cm³/mol. The summed E-state index contributed by atoms with van der Waals surface area (Å²) >= 11 is 0. The Morgan fingerprint density at radius 1 is 0.846 bits per heavy atom. The van der Waals surface area contributed by atoms with Gasteiger partial charge in [0.2, 0.25) is 0 Å². The lowest BCUT2D eigenvalue weighted by molar-refractivity contribution is -0.0980. The van der Waals surface area contributed by atoms with Crippen molar-refractivity contribution in [2.75, 3.05) is 13.7 Å². The van der Waals surface area contributed by atoms with E-state index < -0.39 is 0 Å².